The summed E-state index contributed by atoms with van der Waals surface area (Å²) in [5, 5.41) is 2.87. The van der Waals surface area contributed by atoms with Crippen molar-refractivity contribution in [2.24, 2.45) is 5.73 Å². The van der Waals surface area contributed by atoms with E-state index in [1.54, 1.807) is 12.5 Å². The Labute approximate surface area is 154 Å². The van der Waals surface area contributed by atoms with Gasteiger partial charge in [-0.2, -0.15) is 0 Å². The largest absolute Gasteiger partial charge is 0.490 e. The van der Waals surface area contributed by atoms with Crippen molar-refractivity contribution in [2.75, 3.05) is 11.9 Å². The maximum absolute atomic E-state index is 11.9. The van der Waals surface area contributed by atoms with Gasteiger partial charge in [-0.25, -0.2) is 4.98 Å². The molecule has 0 saturated carbocycles. The molecule has 1 heterocycles. The Morgan fingerprint density at radius 2 is 2.12 bits per heavy atom. The van der Waals surface area contributed by atoms with Gasteiger partial charge in [0.25, 0.3) is 0 Å². The average molecular weight is 375 g/mol. The van der Waals surface area contributed by atoms with E-state index in [1.165, 1.54) is 0 Å². The summed E-state index contributed by atoms with van der Waals surface area (Å²) in [5.41, 5.74) is 6.35. The lowest BCUT2D eigenvalue weighted by molar-refractivity contribution is -0.116. The van der Waals surface area contributed by atoms with Crippen LogP contribution in [0.5, 0.6) is 5.75 Å². The summed E-state index contributed by atoms with van der Waals surface area (Å²) < 4.78 is 7.68. The molecule has 0 saturated heterocycles. The number of nitrogens with zero attached hydrogens (tertiary/aromatic N) is 2. The molecule has 2 aromatic rings. The zero-order valence-electron chi connectivity index (χ0n) is 13.6. The van der Waals surface area contributed by atoms with E-state index in [-0.39, 0.29) is 36.8 Å². The van der Waals surface area contributed by atoms with Gasteiger partial charge in [0.1, 0.15) is 12.4 Å². The van der Waals surface area contributed by atoms with Crippen molar-refractivity contribution >= 4 is 36.4 Å². The lowest BCUT2D eigenvalue weighted by Crippen LogP contribution is -2.19. The van der Waals surface area contributed by atoms with Gasteiger partial charge < -0.3 is 20.4 Å². The SMILES string of the molecule is CC(N)CCC(=O)Nc1ccccc1OCCn1ccnc1.Cl.Cl. The van der Waals surface area contributed by atoms with E-state index in [4.69, 9.17) is 10.5 Å². The Hall–Kier alpha value is -1.76. The van der Waals surface area contributed by atoms with Gasteiger partial charge in [-0.15, -0.1) is 24.8 Å². The Morgan fingerprint density at radius 3 is 2.79 bits per heavy atom. The fourth-order valence-electron chi connectivity index (χ4n) is 1.95. The minimum absolute atomic E-state index is 0. The van der Waals surface area contributed by atoms with E-state index in [2.05, 4.69) is 10.3 Å². The van der Waals surface area contributed by atoms with Gasteiger partial charge in [-0.1, -0.05) is 12.1 Å². The van der Waals surface area contributed by atoms with Crippen molar-refractivity contribution in [3.63, 3.8) is 0 Å². The molecular formula is C16H24Cl2N4O2. The van der Waals surface area contributed by atoms with E-state index in [1.807, 2.05) is 42.0 Å². The Balaban J connectivity index is 0.00000264. The number of para-hydroxylation sites is 2. The number of nitrogens with two attached hydrogens (primary N) is 1. The molecule has 0 radical (unpaired) electrons. The van der Waals surface area contributed by atoms with Crippen LogP contribution in [0.25, 0.3) is 0 Å². The number of rotatable bonds is 8. The molecule has 0 bridgehead atoms. The van der Waals surface area contributed by atoms with Crippen LogP contribution in [0.4, 0.5) is 5.69 Å². The number of ether oxygens (including phenoxy) is 1. The number of aromatic nitrogens is 2. The summed E-state index contributed by atoms with van der Waals surface area (Å²) in [4.78, 5) is 15.9. The van der Waals surface area contributed by atoms with Gasteiger partial charge in [0, 0.05) is 24.9 Å². The van der Waals surface area contributed by atoms with Crippen LogP contribution in [0.1, 0.15) is 19.8 Å². The molecule has 24 heavy (non-hydrogen) atoms. The van der Waals surface area contributed by atoms with Crippen LogP contribution in [0.2, 0.25) is 0 Å². The molecule has 1 amide bonds. The highest BCUT2D eigenvalue weighted by Gasteiger charge is 2.08. The fraction of sp³-hybridized carbons (Fsp3) is 0.375. The highest BCUT2D eigenvalue weighted by Crippen LogP contribution is 2.24. The van der Waals surface area contributed by atoms with Crippen molar-refractivity contribution in [1.29, 1.82) is 0 Å². The first-order valence-corrected chi connectivity index (χ1v) is 7.38. The standard InChI is InChI=1S/C16H22N4O2.2ClH/c1-13(17)6-7-16(21)19-14-4-2-3-5-15(14)22-11-10-20-9-8-18-12-20;;/h2-5,8-9,12-13H,6-7,10-11,17H2,1H3,(H,19,21);2*1H. The van der Waals surface area contributed by atoms with Crippen LogP contribution in [-0.4, -0.2) is 28.1 Å². The van der Waals surface area contributed by atoms with Gasteiger partial charge in [-0.3, -0.25) is 4.79 Å². The first-order valence-electron chi connectivity index (χ1n) is 7.38. The summed E-state index contributed by atoms with van der Waals surface area (Å²) in [6, 6.07) is 7.44. The van der Waals surface area contributed by atoms with Crippen LogP contribution in [0.15, 0.2) is 43.0 Å². The summed E-state index contributed by atoms with van der Waals surface area (Å²) in [7, 11) is 0. The first kappa shape index (κ1) is 22.2. The summed E-state index contributed by atoms with van der Waals surface area (Å²) in [5.74, 6) is 0.611. The molecule has 6 nitrogen and oxygen atoms in total. The second-order valence-corrected chi connectivity index (χ2v) is 5.21. The molecule has 1 aromatic heterocycles. The zero-order chi connectivity index (χ0) is 15.8. The predicted octanol–water partition coefficient (Wildman–Crippen LogP) is 2.87. The highest BCUT2D eigenvalue weighted by molar-refractivity contribution is 5.92. The van der Waals surface area contributed by atoms with E-state index in [0.717, 1.165) is 0 Å². The Kier molecular flexibility index (Phi) is 10.9. The summed E-state index contributed by atoms with van der Waals surface area (Å²) >= 11 is 0. The van der Waals surface area contributed by atoms with E-state index < -0.39 is 0 Å². The van der Waals surface area contributed by atoms with Crippen molar-refractivity contribution in [3.05, 3.63) is 43.0 Å². The smallest absolute Gasteiger partial charge is 0.224 e. The Bertz CT molecular complexity index is 592. The summed E-state index contributed by atoms with van der Waals surface area (Å²) in [6.07, 6.45) is 6.42. The number of amides is 1. The molecule has 0 aliphatic carbocycles. The van der Waals surface area contributed by atoms with Gasteiger partial charge in [0.2, 0.25) is 5.91 Å². The average Bonchev–Trinajstić information content (AvgIpc) is 3.00. The molecule has 8 heteroatoms. The van der Waals surface area contributed by atoms with Crippen LogP contribution >= 0.6 is 24.8 Å². The maximum atomic E-state index is 11.9. The lowest BCUT2D eigenvalue weighted by atomic mass is 10.2. The number of hydrogen-bond donors (Lipinski definition) is 2. The Morgan fingerprint density at radius 1 is 1.38 bits per heavy atom. The number of carbonyl (C=O) groups excluding carboxylic acids is 1. The molecule has 0 aliphatic rings. The van der Waals surface area contributed by atoms with E-state index in [0.29, 0.717) is 37.4 Å². The van der Waals surface area contributed by atoms with Crippen LogP contribution < -0.4 is 15.8 Å². The second kappa shape index (κ2) is 11.7. The van der Waals surface area contributed by atoms with Gasteiger partial charge in [-0.05, 0) is 25.5 Å². The maximum Gasteiger partial charge on any atom is 0.224 e. The van der Waals surface area contributed by atoms with Crippen LogP contribution in [-0.2, 0) is 11.3 Å². The fourth-order valence-corrected chi connectivity index (χ4v) is 1.95. The number of benzene rings is 1. The van der Waals surface area contributed by atoms with Crippen LogP contribution in [0.3, 0.4) is 0 Å². The number of anilines is 1. The number of carbonyl (C=O) groups is 1. The molecule has 1 aromatic carbocycles. The number of nitrogens with one attached hydrogen (secondary N) is 1. The molecular weight excluding hydrogens is 351 g/mol. The number of imidazole rings is 1. The molecule has 0 aliphatic heterocycles. The van der Waals surface area contributed by atoms with Gasteiger partial charge in [0.15, 0.2) is 0 Å². The number of halogens is 2. The lowest BCUT2D eigenvalue weighted by Gasteiger charge is -2.13. The molecule has 1 atom stereocenters. The molecule has 134 valence electrons. The molecule has 0 fully saturated rings. The third kappa shape index (κ3) is 7.68. The van der Waals surface area contributed by atoms with Crippen molar-refractivity contribution in [1.82, 2.24) is 9.55 Å². The van der Waals surface area contributed by atoms with Crippen molar-refractivity contribution in [3.8, 4) is 5.75 Å². The van der Waals surface area contributed by atoms with E-state index >= 15 is 0 Å². The first-order chi connectivity index (χ1) is 10.6. The minimum Gasteiger partial charge on any atom is -0.490 e. The van der Waals surface area contributed by atoms with Gasteiger partial charge >= 0.3 is 0 Å². The number of hydrogen-bond acceptors (Lipinski definition) is 4. The molecule has 3 N–H and O–H groups in total. The second-order valence-electron chi connectivity index (χ2n) is 5.21. The zero-order valence-corrected chi connectivity index (χ0v) is 15.2. The molecule has 0 spiro atoms. The van der Waals surface area contributed by atoms with Gasteiger partial charge in [0.05, 0.1) is 18.6 Å². The molecule has 1 unspecified atom stereocenters. The third-order valence-corrected chi connectivity index (χ3v) is 3.15. The van der Waals surface area contributed by atoms with Crippen molar-refractivity contribution in [2.45, 2.75) is 32.4 Å². The van der Waals surface area contributed by atoms with Crippen LogP contribution in [0, 0.1) is 0 Å². The topological polar surface area (TPSA) is 82.2 Å². The third-order valence-electron chi connectivity index (χ3n) is 3.15. The minimum atomic E-state index is -0.0528. The van der Waals surface area contributed by atoms with E-state index in [9.17, 15) is 4.79 Å². The summed E-state index contributed by atoms with van der Waals surface area (Å²) in [6.45, 7) is 3.09. The quantitative estimate of drug-likeness (QED) is 0.743. The normalized spacial score (nSPS) is 10.9. The predicted molar refractivity (Wildman–Crippen MR) is 100 cm³/mol. The van der Waals surface area contributed by atoms with Crippen molar-refractivity contribution < 1.29 is 9.53 Å². The molecule has 2 rings (SSSR count). The highest BCUT2D eigenvalue weighted by atomic mass is 35.5. The monoisotopic (exact) mass is 374 g/mol.